The van der Waals surface area contributed by atoms with Crippen LogP contribution in [0.15, 0.2) is 18.2 Å². The second-order valence-electron chi connectivity index (χ2n) is 4.59. The molecule has 3 nitrogen and oxygen atoms in total. The normalized spacial score (nSPS) is 23.7. The molecule has 0 radical (unpaired) electrons. The molecule has 1 fully saturated rings. The fourth-order valence-electron chi connectivity index (χ4n) is 2.16. The van der Waals surface area contributed by atoms with E-state index in [1.54, 1.807) is 18.2 Å². The summed E-state index contributed by atoms with van der Waals surface area (Å²) in [4.78, 5) is 12.1. The summed E-state index contributed by atoms with van der Waals surface area (Å²) in [7, 11) is 0. The van der Waals surface area contributed by atoms with Crippen molar-refractivity contribution < 1.29 is 4.79 Å². The van der Waals surface area contributed by atoms with Crippen LogP contribution >= 0.6 is 23.2 Å². The Morgan fingerprint density at radius 3 is 2.94 bits per heavy atom. The zero-order valence-electron chi connectivity index (χ0n) is 10.2. The molecule has 2 atom stereocenters. The fourth-order valence-corrected chi connectivity index (χ4v) is 2.53. The Bertz CT molecular complexity index is 451. The van der Waals surface area contributed by atoms with Crippen molar-refractivity contribution in [1.82, 2.24) is 10.6 Å². The molecule has 1 heterocycles. The summed E-state index contributed by atoms with van der Waals surface area (Å²) >= 11 is 11.9. The minimum absolute atomic E-state index is 0.140. The molecule has 0 aromatic heterocycles. The van der Waals surface area contributed by atoms with Crippen LogP contribution in [0.5, 0.6) is 0 Å². The first kappa shape index (κ1) is 13.7. The first-order valence-electron chi connectivity index (χ1n) is 6.07. The average molecular weight is 287 g/mol. The Balaban J connectivity index is 2.09. The van der Waals surface area contributed by atoms with Gasteiger partial charge in [0.05, 0.1) is 10.6 Å². The largest absolute Gasteiger partial charge is 0.348 e. The Morgan fingerprint density at radius 2 is 2.22 bits per heavy atom. The van der Waals surface area contributed by atoms with Gasteiger partial charge >= 0.3 is 0 Å². The summed E-state index contributed by atoms with van der Waals surface area (Å²) in [5, 5.41) is 7.29. The monoisotopic (exact) mass is 286 g/mol. The molecule has 2 unspecified atom stereocenters. The first-order valence-corrected chi connectivity index (χ1v) is 6.83. The lowest BCUT2D eigenvalue weighted by Gasteiger charge is -2.30. The lowest BCUT2D eigenvalue weighted by Crippen LogP contribution is -2.51. The second kappa shape index (κ2) is 5.91. The molecule has 0 spiro atoms. The van der Waals surface area contributed by atoms with Crippen molar-refractivity contribution in [1.29, 1.82) is 0 Å². The molecule has 5 heteroatoms. The highest BCUT2D eigenvalue weighted by Gasteiger charge is 2.23. The maximum Gasteiger partial charge on any atom is 0.253 e. The Hall–Kier alpha value is -0.770. The minimum atomic E-state index is -0.164. The zero-order chi connectivity index (χ0) is 13.1. The average Bonchev–Trinajstić information content (AvgIpc) is 2.35. The molecular weight excluding hydrogens is 271 g/mol. The van der Waals surface area contributed by atoms with Crippen LogP contribution in [0.4, 0.5) is 0 Å². The molecule has 1 aromatic rings. The van der Waals surface area contributed by atoms with E-state index in [-0.39, 0.29) is 18.0 Å². The third kappa shape index (κ3) is 3.16. The maximum atomic E-state index is 12.1. The van der Waals surface area contributed by atoms with Crippen LogP contribution in [0, 0.1) is 0 Å². The van der Waals surface area contributed by atoms with Crippen LogP contribution in [-0.2, 0) is 0 Å². The molecule has 1 amide bonds. The van der Waals surface area contributed by atoms with E-state index in [0.717, 1.165) is 19.4 Å². The summed E-state index contributed by atoms with van der Waals surface area (Å²) in [5.74, 6) is -0.164. The minimum Gasteiger partial charge on any atom is -0.348 e. The Morgan fingerprint density at radius 1 is 1.44 bits per heavy atom. The molecule has 98 valence electrons. The van der Waals surface area contributed by atoms with Gasteiger partial charge in [-0.1, -0.05) is 23.2 Å². The number of rotatable bonds is 2. The van der Waals surface area contributed by atoms with E-state index in [9.17, 15) is 4.79 Å². The van der Waals surface area contributed by atoms with Crippen LogP contribution in [0.3, 0.4) is 0 Å². The standard InChI is InChI=1S/C13H16Cl2N2O/c1-8-12(3-2-6-16-8)17-13(18)10-7-9(14)4-5-11(10)15/h4-5,7-8,12,16H,2-3,6H2,1H3,(H,17,18). The lowest BCUT2D eigenvalue weighted by molar-refractivity contribution is 0.0920. The van der Waals surface area contributed by atoms with Crippen LogP contribution in [-0.4, -0.2) is 24.5 Å². The Labute approximate surface area is 117 Å². The molecule has 18 heavy (non-hydrogen) atoms. The third-order valence-corrected chi connectivity index (χ3v) is 3.82. The first-order chi connectivity index (χ1) is 8.58. The Kier molecular flexibility index (Phi) is 4.49. The number of nitrogens with one attached hydrogen (secondary N) is 2. The number of benzene rings is 1. The van der Waals surface area contributed by atoms with Crippen molar-refractivity contribution in [2.45, 2.75) is 31.8 Å². The van der Waals surface area contributed by atoms with E-state index in [1.807, 2.05) is 0 Å². The van der Waals surface area contributed by atoms with Crippen LogP contribution < -0.4 is 10.6 Å². The molecule has 1 aromatic carbocycles. The summed E-state index contributed by atoms with van der Waals surface area (Å²) in [6.07, 6.45) is 2.05. The number of hydrogen-bond donors (Lipinski definition) is 2. The van der Waals surface area contributed by atoms with Crippen molar-refractivity contribution in [3.63, 3.8) is 0 Å². The number of carbonyl (C=O) groups excluding carboxylic acids is 1. The maximum absolute atomic E-state index is 12.1. The van der Waals surface area contributed by atoms with Crippen LogP contribution in [0.1, 0.15) is 30.1 Å². The highest BCUT2D eigenvalue weighted by Crippen LogP contribution is 2.21. The van der Waals surface area contributed by atoms with E-state index < -0.39 is 0 Å². The van der Waals surface area contributed by atoms with E-state index >= 15 is 0 Å². The molecule has 2 rings (SSSR count). The van der Waals surface area contributed by atoms with E-state index in [2.05, 4.69) is 17.6 Å². The second-order valence-corrected chi connectivity index (χ2v) is 5.43. The SMILES string of the molecule is CC1NCCCC1NC(=O)c1cc(Cl)ccc1Cl. The molecule has 1 saturated heterocycles. The third-order valence-electron chi connectivity index (χ3n) is 3.25. The van der Waals surface area contributed by atoms with Crippen LogP contribution in [0.25, 0.3) is 0 Å². The van der Waals surface area contributed by atoms with Gasteiger partial charge in [-0.25, -0.2) is 0 Å². The van der Waals surface area contributed by atoms with Gasteiger partial charge in [0.1, 0.15) is 0 Å². The van der Waals surface area contributed by atoms with Gasteiger partial charge < -0.3 is 10.6 Å². The quantitative estimate of drug-likeness (QED) is 0.878. The van der Waals surface area contributed by atoms with Gasteiger partial charge in [0, 0.05) is 17.1 Å². The molecule has 2 N–H and O–H groups in total. The summed E-state index contributed by atoms with van der Waals surface area (Å²) in [6, 6.07) is 5.33. The summed E-state index contributed by atoms with van der Waals surface area (Å²) < 4.78 is 0. The summed E-state index contributed by atoms with van der Waals surface area (Å²) in [5.41, 5.74) is 0.432. The van der Waals surface area contributed by atoms with Gasteiger partial charge in [0.15, 0.2) is 0 Å². The van der Waals surface area contributed by atoms with Crippen molar-refractivity contribution in [3.8, 4) is 0 Å². The number of piperidine rings is 1. The van der Waals surface area contributed by atoms with E-state index in [0.29, 0.717) is 15.6 Å². The van der Waals surface area contributed by atoms with E-state index in [1.165, 1.54) is 0 Å². The smallest absolute Gasteiger partial charge is 0.253 e. The zero-order valence-corrected chi connectivity index (χ0v) is 11.7. The van der Waals surface area contributed by atoms with Crippen molar-refractivity contribution >= 4 is 29.1 Å². The van der Waals surface area contributed by atoms with Crippen molar-refractivity contribution in [3.05, 3.63) is 33.8 Å². The fraction of sp³-hybridized carbons (Fsp3) is 0.462. The van der Waals surface area contributed by atoms with Crippen molar-refractivity contribution in [2.75, 3.05) is 6.54 Å². The highest BCUT2D eigenvalue weighted by atomic mass is 35.5. The van der Waals surface area contributed by atoms with Gasteiger partial charge in [-0.15, -0.1) is 0 Å². The van der Waals surface area contributed by atoms with E-state index in [4.69, 9.17) is 23.2 Å². The number of hydrogen-bond acceptors (Lipinski definition) is 2. The number of halogens is 2. The number of carbonyl (C=O) groups is 1. The van der Waals surface area contributed by atoms with Gasteiger partial charge in [0.2, 0.25) is 0 Å². The molecule has 1 aliphatic heterocycles. The summed E-state index contributed by atoms with van der Waals surface area (Å²) in [6.45, 7) is 3.08. The topological polar surface area (TPSA) is 41.1 Å². The van der Waals surface area contributed by atoms with Crippen molar-refractivity contribution in [2.24, 2.45) is 0 Å². The predicted molar refractivity (Wildman–Crippen MR) is 74.4 cm³/mol. The molecular formula is C13H16Cl2N2O. The molecule has 0 saturated carbocycles. The predicted octanol–water partition coefficient (Wildman–Crippen LogP) is 2.86. The van der Waals surface area contributed by atoms with Gasteiger partial charge in [-0.3, -0.25) is 4.79 Å². The molecule has 1 aliphatic rings. The molecule has 0 aliphatic carbocycles. The van der Waals surface area contributed by atoms with Gasteiger partial charge in [-0.05, 0) is 44.5 Å². The van der Waals surface area contributed by atoms with Gasteiger partial charge in [0.25, 0.3) is 5.91 Å². The number of amides is 1. The molecule has 0 bridgehead atoms. The van der Waals surface area contributed by atoms with Crippen LogP contribution in [0.2, 0.25) is 10.0 Å². The lowest BCUT2D eigenvalue weighted by atomic mass is 9.99. The highest BCUT2D eigenvalue weighted by molar-refractivity contribution is 6.35. The van der Waals surface area contributed by atoms with Gasteiger partial charge in [-0.2, -0.15) is 0 Å².